The SMILES string of the molecule is CC(C)(CNc1cc(Cl)c(Cl)cc1[N+](=O)[O-])S(C)(=O)=O. The van der Waals surface area contributed by atoms with Crippen LogP contribution in [0.5, 0.6) is 0 Å². The molecule has 0 fully saturated rings. The monoisotopic (exact) mass is 340 g/mol. The first kappa shape index (κ1) is 17.0. The third kappa shape index (κ3) is 3.74. The Balaban J connectivity index is 3.10. The van der Waals surface area contributed by atoms with Crippen LogP contribution in [0.3, 0.4) is 0 Å². The largest absolute Gasteiger partial charge is 0.378 e. The molecule has 0 aromatic heterocycles. The third-order valence-electron chi connectivity index (χ3n) is 2.94. The van der Waals surface area contributed by atoms with Gasteiger partial charge in [-0.05, 0) is 19.9 Å². The molecule has 0 atom stereocenters. The van der Waals surface area contributed by atoms with Crippen LogP contribution in [0.1, 0.15) is 13.8 Å². The Labute approximate surface area is 127 Å². The summed E-state index contributed by atoms with van der Waals surface area (Å²) in [7, 11) is -3.32. The van der Waals surface area contributed by atoms with Gasteiger partial charge in [0.1, 0.15) is 5.69 Å². The van der Waals surface area contributed by atoms with Gasteiger partial charge < -0.3 is 5.32 Å². The number of nitrogens with one attached hydrogen (secondary N) is 1. The van der Waals surface area contributed by atoms with Gasteiger partial charge >= 0.3 is 0 Å². The zero-order chi connectivity index (χ0) is 15.7. The van der Waals surface area contributed by atoms with Crippen LogP contribution in [0, 0.1) is 10.1 Å². The first-order valence-corrected chi connectivity index (χ1v) is 8.17. The lowest BCUT2D eigenvalue weighted by Crippen LogP contribution is -2.38. The Hall–Kier alpha value is -1.05. The molecule has 0 amide bonds. The molecule has 9 heteroatoms. The molecule has 0 saturated carbocycles. The molecule has 0 aliphatic rings. The van der Waals surface area contributed by atoms with Crippen molar-refractivity contribution in [2.24, 2.45) is 0 Å². The Kier molecular flexibility index (Phi) is 4.89. The van der Waals surface area contributed by atoms with E-state index >= 15 is 0 Å². The number of anilines is 1. The van der Waals surface area contributed by atoms with E-state index in [1.165, 1.54) is 19.9 Å². The minimum absolute atomic E-state index is 0.00460. The third-order valence-corrected chi connectivity index (χ3v) is 5.82. The second kappa shape index (κ2) is 5.75. The van der Waals surface area contributed by atoms with Crippen LogP contribution >= 0.6 is 23.2 Å². The number of hydrogen-bond donors (Lipinski definition) is 1. The predicted octanol–water partition coefficient (Wildman–Crippen LogP) is 3.14. The first-order valence-electron chi connectivity index (χ1n) is 5.52. The van der Waals surface area contributed by atoms with Crippen LogP contribution in [0.15, 0.2) is 12.1 Å². The van der Waals surface area contributed by atoms with Crippen molar-refractivity contribution in [2.45, 2.75) is 18.6 Å². The number of rotatable bonds is 5. The number of nitrogens with zero attached hydrogens (tertiary/aromatic N) is 1. The molecule has 0 aliphatic carbocycles. The van der Waals surface area contributed by atoms with Gasteiger partial charge in [-0.15, -0.1) is 0 Å². The maximum absolute atomic E-state index is 11.6. The van der Waals surface area contributed by atoms with E-state index < -0.39 is 19.5 Å². The van der Waals surface area contributed by atoms with E-state index in [9.17, 15) is 18.5 Å². The maximum Gasteiger partial charge on any atom is 0.293 e. The summed E-state index contributed by atoms with van der Waals surface area (Å²) in [5, 5.41) is 13.9. The quantitative estimate of drug-likeness (QED) is 0.656. The fourth-order valence-corrected chi connectivity index (χ4v) is 1.92. The molecule has 6 nitrogen and oxygen atoms in total. The molecule has 112 valence electrons. The number of nitro groups is 1. The van der Waals surface area contributed by atoms with Crippen molar-refractivity contribution in [3.8, 4) is 0 Å². The summed E-state index contributed by atoms with van der Waals surface area (Å²) in [6.45, 7) is 3.06. The van der Waals surface area contributed by atoms with Crippen LogP contribution < -0.4 is 5.32 Å². The first-order chi connectivity index (χ1) is 8.95. The molecule has 0 heterocycles. The molecule has 1 aromatic carbocycles. The van der Waals surface area contributed by atoms with Crippen molar-refractivity contribution in [3.63, 3.8) is 0 Å². The molecule has 0 aliphatic heterocycles. The van der Waals surface area contributed by atoms with Gasteiger partial charge in [0, 0.05) is 18.9 Å². The van der Waals surface area contributed by atoms with Gasteiger partial charge in [0.25, 0.3) is 5.69 Å². The van der Waals surface area contributed by atoms with Gasteiger partial charge in [-0.25, -0.2) is 8.42 Å². The van der Waals surface area contributed by atoms with Crippen LogP contribution in [0.25, 0.3) is 0 Å². The molecular formula is C11H14Cl2N2O4S. The Morgan fingerprint density at radius 2 is 1.80 bits per heavy atom. The lowest BCUT2D eigenvalue weighted by molar-refractivity contribution is -0.383. The average molecular weight is 341 g/mol. The highest BCUT2D eigenvalue weighted by Crippen LogP contribution is 2.34. The Morgan fingerprint density at radius 1 is 1.30 bits per heavy atom. The Bertz CT molecular complexity index is 644. The zero-order valence-electron chi connectivity index (χ0n) is 11.1. The molecule has 1 rings (SSSR count). The fraction of sp³-hybridized carbons (Fsp3) is 0.455. The van der Waals surface area contributed by atoms with E-state index in [4.69, 9.17) is 23.2 Å². The van der Waals surface area contributed by atoms with E-state index in [-0.39, 0.29) is 28.0 Å². The highest BCUT2D eigenvalue weighted by atomic mass is 35.5. The maximum atomic E-state index is 11.6. The van der Waals surface area contributed by atoms with Crippen molar-refractivity contribution < 1.29 is 13.3 Å². The van der Waals surface area contributed by atoms with Crippen molar-refractivity contribution in [2.75, 3.05) is 18.1 Å². The second-order valence-electron chi connectivity index (χ2n) is 4.93. The number of benzene rings is 1. The molecule has 0 spiro atoms. The van der Waals surface area contributed by atoms with Crippen LogP contribution in [-0.4, -0.2) is 30.9 Å². The molecule has 1 N–H and O–H groups in total. The van der Waals surface area contributed by atoms with Gasteiger partial charge in [-0.3, -0.25) is 10.1 Å². The lowest BCUT2D eigenvalue weighted by Gasteiger charge is -2.23. The molecule has 1 aromatic rings. The summed E-state index contributed by atoms with van der Waals surface area (Å²) in [6, 6.07) is 2.43. The van der Waals surface area contributed by atoms with Crippen LogP contribution in [-0.2, 0) is 9.84 Å². The summed E-state index contributed by atoms with van der Waals surface area (Å²) < 4.78 is 22.1. The van der Waals surface area contributed by atoms with Gasteiger partial charge in [-0.2, -0.15) is 0 Å². The number of nitro benzene ring substituents is 1. The van der Waals surface area contributed by atoms with Crippen molar-refractivity contribution in [1.29, 1.82) is 0 Å². The van der Waals surface area contributed by atoms with Crippen molar-refractivity contribution in [3.05, 3.63) is 32.3 Å². The molecule has 0 radical (unpaired) electrons. The smallest absolute Gasteiger partial charge is 0.293 e. The number of sulfone groups is 1. The van der Waals surface area contributed by atoms with Crippen LogP contribution in [0.2, 0.25) is 10.0 Å². The molecule has 0 unspecified atom stereocenters. The highest BCUT2D eigenvalue weighted by Gasteiger charge is 2.30. The molecule has 0 saturated heterocycles. The Morgan fingerprint density at radius 3 is 2.25 bits per heavy atom. The topological polar surface area (TPSA) is 89.3 Å². The van der Waals surface area contributed by atoms with E-state index in [0.29, 0.717) is 0 Å². The number of halogens is 2. The second-order valence-corrected chi connectivity index (χ2v) is 8.39. The minimum Gasteiger partial charge on any atom is -0.378 e. The zero-order valence-corrected chi connectivity index (χ0v) is 13.4. The van der Waals surface area contributed by atoms with Gasteiger partial charge in [0.05, 0.1) is 19.7 Å². The summed E-state index contributed by atoms with van der Waals surface area (Å²) in [5.41, 5.74) is -0.134. The van der Waals surface area contributed by atoms with E-state index in [0.717, 1.165) is 12.3 Å². The van der Waals surface area contributed by atoms with Crippen molar-refractivity contribution >= 4 is 44.4 Å². The van der Waals surface area contributed by atoms with E-state index in [1.807, 2.05) is 0 Å². The molecule has 0 bridgehead atoms. The normalized spacial score (nSPS) is 12.2. The summed E-state index contributed by atoms with van der Waals surface area (Å²) in [5.74, 6) is 0. The molecular weight excluding hydrogens is 327 g/mol. The summed E-state index contributed by atoms with van der Waals surface area (Å²) in [6.07, 6.45) is 1.11. The summed E-state index contributed by atoms with van der Waals surface area (Å²) in [4.78, 5) is 10.3. The van der Waals surface area contributed by atoms with Gasteiger partial charge in [0.15, 0.2) is 9.84 Å². The summed E-state index contributed by atoms with van der Waals surface area (Å²) >= 11 is 11.6. The standard InChI is InChI=1S/C11H14Cl2N2O4S/c1-11(2,20(3,18)19)6-14-9-4-7(12)8(13)5-10(9)15(16)17/h4-5,14H,6H2,1-3H3. The lowest BCUT2D eigenvalue weighted by atomic mass is 10.2. The minimum atomic E-state index is -3.32. The van der Waals surface area contributed by atoms with Crippen molar-refractivity contribution in [1.82, 2.24) is 0 Å². The van der Waals surface area contributed by atoms with Gasteiger partial charge in [-0.1, -0.05) is 23.2 Å². The van der Waals surface area contributed by atoms with E-state index in [1.54, 1.807) is 0 Å². The highest BCUT2D eigenvalue weighted by molar-refractivity contribution is 7.92. The average Bonchev–Trinajstić information content (AvgIpc) is 2.28. The number of hydrogen-bond acceptors (Lipinski definition) is 5. The molecule has 20 heavy (non-hydrogen) atoms. The predicted molar refractivity (Wildman–Crippen MR) is 80.5 cm³/mol. The fourth-order valence-electron chi connectivity index (χ4n) is 1.27. The van der Waals surface area contributed by atoms with Gasteiger partial charge in [0.2, 0.25) is 0 Å². The van der Waals surface area contributed by atoms with Crippen LogP contribution in [0.4, 0.5) is 11.4 Å². The van der Waals surface area contributed by atoms with E-state index in [2.05, 4.69) is 5.32 Å².